The number of benzene rings is 1. The van der Waals surface area contributed by atoms with E-state index in [1.54, 1.807) is 4.90 Å². The molecule has 0 radical (unpaired) electrons. The molecule has 1 aromatic rings. The second-order valence-electron chi connectivity index (χ2n) is 6.59. The molecular formula is C18H22N2O5. The van der Waals surface area contributed by atoms with Gasteiger partial charge in [-0.15, -0.1) is 0 Å². The third-order valence-corrected chi connectivity index (χ3v) is 5.04. The van der Waals surface area contributed by atoms with Gasteiger partial charge in [0, 0.05) is 25.2 Å². The predicted molar refractivity (Wildman–Crippen MR) is 90.3 cm³/mol. The van der Waals surface area contributed by atoms with Gasteiger partial charge in [-0.25, -0.2) is 4.79 Å². The van der Waals surface area contributed by atoms with E-state index in [4.69, 9.17) is 4.74 Å². The second kappa shape index (κ2) is 6.84. The molecule has 1 aromatic carbocycles. The number of hydrogen-bond acceptors (Lipinski definition) is 4. The Labute approximate surface area is 146 Å². The number of rotatable bonds is 3. The monoisotopic (exact) mass is 346 g/mol. The van der Waals surface area contributed by atoms with Crippen molar-refractivity contribution in [2.45, 2.75) is 26.3 Å². The Bertz CT molecular complexity index is 717. The maximum atomic E-state index is 12.8. The summed E-state index contributed by atoms with van der Waals surface area (Å²) < 4.78 is 5.17. The average Bonchev–Trinajstić information content (AvgIpc) is 2.98. The first-order valence-electron chi connectivity index (χ1n) is 8.37. The summed E-state index contributed by atoms with van der Waals surface area (Å²) in [5.74, 6) is -1.99. The fourth-order valence-corrected chi connectivity index (χ4v) is 3.44. The van der Waals surface area contributed by atoms with Crippen LogP contribution in [-0.2, 0) is 19.1 Å². The molecule has 7 heteroatoms. The summed E-state index contributed by atoms with van der Waals surface area (Å²) in [6.45, 7) is 4.76. The van der Waals surface area contributed by atoms with Crippen molar-refractivity contribution in [3.63, 3.8) is 0 Å². The number of hydrogen-bond donors (Lipinski definition) is 1. The molecule has 0 unspecified atom stereocenters. The van der Waals surface area contributed by atoms with Gasteiger partial charge in [0.2, 0.25) is 11.8 Å². The number of nitrogens with zero attached hydrogens (tertiary/aromatic N) is 2. The Morgan fingerprint density at radius 2 is 2.04 bits per heavy atom. The summed E-state index contributed by atoms with van der Waals surface area (Å²) in [5, 5.41) is 9.30. The highest BCUT2D eigenvalue weighted by Crippen LogP contribution is 2.30. The molecular weight excluding hydrogens is 324 g/mol. The normalized spacial score (nSPS) is 23.8. The Kier molecular flexibility index (Phi) is 4.76. The van der Waals surface area contributed by atoms with Crippen molar-refractivity contribution in [1.82, 2.24) is 4.90 Å². The number of aliphatic carboxylic acids is 1. The zero-order valence-corrected chi connectivity index (χ0v) is 14.4. The predicted octanol–water partition coefficient (Wildman–Crippen LogP) is 0.968. The number of amides is 2. The maximum Gasteiger partial charge on any atom is 0.328 e. The summed E-state index contributed by atoms with van der Waals surface area (Å²) in [4.78, 5) is 39.6. The minimum atomic E-state index is -1.08. The SMILES string of the molecule is Cc1cccc(N2C[C@H](C(=O)N3CCOC[C@@H]3C(=O)O)CC2=O)c1C. The van der Waals surface area contributed by atoms with E-state index in [-0.39, 0.29) is 37.9 Å². The molecule has 0 saturated carbocycles. The summed E-state index contributed by atoms with van der Waals surface area (Å²) >= 11 is 0. The van der Waals surface area contributed by atoms with Crippen molar-refractivity contribution in [2.75, 3.05) is 31.2 Å². The number of carboxylic acids is 1. The molecule has 7 nitrogen and oxygen atoms in total. The topological polar surface area (TPSA) is 87.2 Å². The molecule has 0 aromatic heterocycles. The van der Waals surface area contributed by atoms with Crippen molar-refractivity contribution in [3.05, 3.63) is 29.3 Å². The molecule has 2 heterocycles. The van der Waals surface area contributed by atoms with E-state index < -0.39 is 17.9 Å². The maximum absolute atomic E-state index is 12.8. The molecule has 134 valence electrons. The Hall–Kier alpha value is -2.41. The van der Waals surface area contributed by atoms with E-state index in [1.807, 2.05) is 32.0 Å². The minimum Gasteiger partial charge on any atom is -0.480 e. The van der Waals surface area contributed by atoms with Crippen molar-refractivity contribution in [2.24, 2.45) is 5.92 Å². The molecule has 0 spiro atoms. The number of aryl methyl sites for hydroxylation is 1. The van der Waals surface area contributed by atoms with E-state index in [2.05, 4.69) is 0 Å². The van der Waals surface area contributed by atoms with Crippen LogP contribution in [0.3, 0.4) is 0 Å². The van der Waals surface area contributed by atoms with Crippen molar-refractivity contribution in [3.8, 4) is 0 Å². The molecule has 25 heavy (non-hydrogen) atoms. The number of anilines is 1. The van der Waals surface area contributed by atoms with Crippen LogP contribution in [0.2, 0.25) is 0 Å². The number of carbonyl (C=O) groups excluding carboxylic acids is 2. The lowest BCUT2D eigenvalue weighted by atomic mass is 10.0. The van der Waals surface area contributed by atoms with Gasteiger partial charge in [0.15, 0.2) is 6.04 Å². The quantitative estimate of drug-likeness (QED) is 0.881. The minimum absolute atomic E-state index is 0.0115. The van der Waals surface area contributed by atoms with Gasteiger partial charge in [-0.1, -0.05) is 12.1 Å². The molecule has 2 aliphatic rings. The van der Waals surface area contributed by atoms with Crippen LogP contribution in [0.5, 0.6) is 0 Å². The van der Waals surface area contributed by atoms with Crippen LogP contribution < -0.4 is 4.90 Å². The molecule has 2 saturated heterocycles. The Morgan fingerprint density at radius 3 is 2.76 bits per heavy atom. The van der Waals surface area contributed by atoms with Crippen LogP contribution in [0, 0.1) is 19.8 Å². The van der Waals surface area contributed by atoms with Gasteiger partial charge in [0.25, 0.3) is 0 Å². The molecule has 0 aliphatic carbocycles. The van der Waals surface area contributed by atoms with Crippen LogP contribution in [0.25, 0.3) is 0 Å². The summed E-state index contributed by atoms with van der Waals surface area (Å²) in [7, 11) is 0. The first-order chi connectivity index (χ1) is 11.9. The summed E-state index contributed by atoms with van der Waals surface area (Å²) in [6, 6.07) is 4.77. The fraction of sp³-hybridized carbons (Fsp3) is 0.500. The smallest absolute Gasteiger partial charge is 0.328 e. The zero-order valence-electron chi connectivity index (χ0n) is 14.4. The molecule has 2 atom stereocenters. The number of carbonyl (C=O) groups is 3. The highest BCUT2D eigenvalue weighted by molar-refractivity contribution is 6.01. The lowest BCUT2D eigenvalue weighted by molar-refractivity contribution is -0.160. The first-order valence-corrected chi connectivity index (χ1v) is 8.37. The van der Waals surface area contributed by atoms with Gasteiger partial charge in [0.1, 0.15) is 0 Å². The Balaban J connectivity index is 1.79. The van der Waals surface area contributed by atoms with Crippen LogP contribution in [-0.4, -0.2) is 60.1 Å². The highest BCUT2D eigenvalue weighted by atomic mass is 16.5. The molecule has 2 fully saturated rings. The summed E-state index contributed by atoms with van der Waals surface area (Å²) in [6.07, 6.45) is 0.107. The molecule has 2 amide bonds. The third-order valence-electron chi connectivity index (χ3n) is 5.04. The van der Waals surface area contributed by atoms with E-state index >= 15 is 0 Å². The van der Waals surface area contributed by atoms with Gasteiger partial charge < -0.3 is 19.6 Å². The largest absolute Gasteiger partial charge is 0.480 e. The molecule has 3 rings (SSSR count). The number of ether oxygens (including phenoxy) is 1. The van der Waals surface area contributed by atoms with Crippen molar-refractivity contribution < 1.29 is 24.2 Å². The van der Waals surface area contributed by atoms with Gasteiger partial charge in [0.05, 0.1) is 19.1 Å². The van der Waals surface area contributed by atoms with Crippen LogP contribution >= 0.6 is 0 Å². The van der Waals surface area contributed by atoms with Gasteiger partial charge in [-0.3, -0.25) is 9.59 Å². The van der Waals surface area contributed by atoms with Crippen LogP contribution in [0.1, 0.15) is 17.5 Å². The second-order valence-corrected chi connectivity index (χ2v) is 6.59. The summed E-state index contributed by atoms with van der Waals surface area (Å²) in [5.41, 5.74) is 2.91. The molecule has 1 N–H and O–H groups in total. The van der Waals surface area contributed by atoms with Crippen LogP contribution in [0.15, 0.2) is 18.2 Å². The molecule has 2 aliphatic heterocycles. The van der Waals surface area contributed by atoms with Gasteiger partial charge >= 0.3 is 5.97 Å². The van der Waals surface area contributed by atoms with E-state index in [0.717, 1.165) is 16.8 Å². The van der Waals surface area contributed by atoms with Gasteiger partial charge in [-0.2, -0.15) is 0 Å². The lowest BCUT2D eigenvalue weighted by Crippen LogP contribution is -2.54. The van der Waals surface area contributed by atoms with Crippen molar-refractivity contribution >= 4 is 23.5 Å². The standard InChI is InChI=1S/C18H22N2O5/c1-11-4-3-5-14(12(11)2)20-9-13(8-16(20)21)17(22)19-6-7-25-10-15(19)18(23)24/h3-5,13,15H,6-10H2,1-2H3,(H,23,24)/t13-,15-/m1/s1. The van der Waals surface area contributed by atoms with E-state index in [9.17, 15) is 19.5 Å². The fourth-order valence-electron chi connectivity index (χ4n) is 3.44. The van der Waals surface area contributed by atoms with Crippen molar-refractivity contribution in [1.29, 1.82) is 0 Å². The Morgan fingerprint density at radius 1 is 1.28 bits per heavy atom. The number of morpholine rings is 1. The average molecular weight is 346 g/mol. The third kappa shape index (κ3) is 3.24. The lowest BCUT2D eigenvalue weighted by Gasteiger charge is -2.34. The first kappa shape index (κ1) is 17.4. The van der Waals surface area contributed by atoms with Gasteiger partial charge in [-0.05, 0) is 31.0 Å². The zero-order chi connectivity index (χ0) is 18.1. The molecule has 0 bridgehead atoms. The van der Waals surface area contributed by atoms with Crippen LogP contribution in [0.4, 0.5) is 5.69 Å². The number of carboxylic acid groups (broad SMARTS) is 1. The van der Waals surface area contributed by atoms with E-state index in [1.165, 1.54) is 4.90 Å². The van der Waals surface area contributed by atoms with E-state index in [0.29, 0.717) is 6.61 Å². The highest BCUT2D eigenvalue weighted by Gasteiger charge is 2.41.